The van der Waals surface area contributed by atoms with Gasteiger partial charge in [0.15, 0.2) is 0 Å². The first-order valence-corrected chi connectivity index (χ1v) is 4.59. The highest BCUT2D eigenvalue weighted by atomic mass is 32.2. The molecule has 0 unspecified atom stereocenters. The van der Waals surface area contributed by atoms with E-state index in [9.17, 15) is 4.79 Å². The third kappa shape index (κ3) is 9.31. The minimum atomic E-state index is -0.745. The van der Waals surface area contributed by atoms with E-state index in [0.717, 1.165) is 11.5 Å². The van der Waals surface area contributed by atoms with E-state index in [1.165, 1.54) is 0 Å². The number of hydrogen-bond donors (Lipinski definition) is 1. The van der Waals surface area contributed by atoms with Crippen molar-refractivity contribution in [3.05, 3.63) is 0 Å². The molecule has 0 radical (unpaired) electrons. The Hall–Kier alpha value is -0.690. The molecular formula is C7H11NO2S. The topological polar surface area (TPSA) is 61.1 Å². The number of carbonyl (C=O) groups is 1. The Bertz CT molecular complexity index is 153. The Morgan fingerprint density at radius 2 is 2.27 bits per heavy atom. The van der Waals surface area contributed by atoms with Gasteiger partial charge < -0.3 is 5.11 Å². The van der Waals surface area contributed by atoms with Gasteiger partial charge in [0.25, 0.3) is 0 Å². The summed E-state index contributed by atoms with van der Waals surface area (Å²) in [6.45, 7) is 0. The van der Waals surface area contributed by atoms with Gasteiger partial charge in [0, 0.05) is 18.6 Å². The number of nitrogens with zero attached hydrogens (tertiary/aromatic N) is 1. The zero-order chi connectivity index (χ0) is 8.53. The van der Waals surface area contributed by atoms with E-state index in [0.29, 0.717) is 12.8 Å². The molecule has 0 aliphatic carbocycles. The largest absolute Gasteiger partial charge is 0.481 e. The molecule has 0 rings (SSSR count). The Labute approximate surface area is 70.4 Å². The van der Waals surface area contributed by atoms with Crippen LogP contribution in [-0.2, 0) is 4.79 Å². The molecule has 62 valence electrons. The maximum atomic E-state index is 10.0. The maximum absolute atomic E-state index is 10.0. The van der Waals surface area contributed by atoms with Crippen LogP contribution in [0.2, 0.25) is 0 Å². The van der Waals surface area contributed by atoms with Gasteiger partial charge in [-0.1, -0.05) is 0 Å². The molecule has 0 atom stereocenters. The normalized spacial score (nSPS) is 9.00. The van der Waals surface area contributed by atoms with Crippen LogP contribution < -0.4 is 0 Å². The van der Waals surface area contributed by atoms with E-state index < -0.39 is 5.97 Å². The van der Waals surface area contributed by atoms with Gasteiger partial charge in [-0.05, 0) is 12.2 Å². The first-order valence-electron chi connectivity index (χ1n) is 3.44. The lowest BCUT2D eigenvalue weighted by Gasteiger charge is -1.94. The lowest BCUT2D eigenvalue weighted by Crippen LogP contribution is -1.95. The van der Waals surface area contributed by atoms with Crippen LogP contribution in [0.5, 0.6) is 0 Å². The average molecular weight is 173 g/mol. The molecule has 0 spiro atoms. The van der Waals surface area contributed by atoms with Crippen molar-refractivity contribution in [1.82, 2.24) is 0 Å². The SMILES string of the molecule is N#CCCSCCCC(=O)O. The molecule has 0 aromatic heterocycles. The fourth-order valence-electron chi connectivity index (χ4n) is 0.545. The first-order chi connectivity index (χ1) is 5.27. The predicted molar refractivity (Wildman–Crippen MR) is 44.4 cm³/mol. The third-order valence-electron chi connectivity index (χ3n) is 1.04. The minimum Gasteiger partial charge on any atom is -0.481 e. The van der Waals surface area contributed by atoms with Gasteiger partial charge in [0.2, 0.25) is 0 Å². The molecule has 4 heteroatoms. The molecule has 3 nitrogen and oxygen atoms in total. The highest BCUT2D eigenvalue weighted by Gasteiger charge is 1.95. The fourth-order valence-corrected chi connectivity index (χ4v) is 1.33. The highest BCUT2D eigenvalue weighted by molar-refractivity contribution is 7.99. The lowest BCUT2D eigenvalue weighted by atomic mass is 10.3. The number of hydrogen-bond acceptors (Lipinski definition) is 3. The molecule has 0 aliphatic heterocycles. The average Bonchev–Trinajstić information content (AvgIpc) is 1.96. The van der Waals surface area contributed by atoms with Gasteiger partial charge in [-0.15, -0.1) is 0 Å². The number of thioether (sulfide) groups is 1. The Balaban J connectivity index is 2.92. The van der Waals surface area contributed by atoms with E-state index in [1.807, 2.05) is 6.07 Å². The molecule has 0 aromatic carbocycles. The summed E-state index contributed by atoms with van der Waals surface area (Å²) in [6.07, 6.45) is 1.49. The molecule has 11 heavy (non-hydrogen) atoms. The molecule has 0 amide bonds. The monoisotopic (exact) mass is 173 g/mol. The van der Waals surface area contributed by atoms with Crippen molar-refractivity contribution in [2.45, 2.75) is 19.3 Å². The zero-order valence-corrected chi connectivity index (χ0v) is 7.06. The van der Waals surface area contributed by atoms with Gasteiger partial charge >= 0.3 is 5.97 Å². The van der Waals surface area contributed by atoms with Crippen LogP contribution in [-0.4, -0.2) is 22.6 Å². The van der Waals surface area contributed by atoms with Gasteiger partial charge in [-0.2, -0.15) is 17.0 Å². The van der Waals surface area contributed by atoms with Crippen molar-refractivity contribution in [1.29, 1.82) is 5.26 Å². The molecule has 0 bridgehead atoms. The summed E-state index contributed by atoms with van der Waals surface area (Å²) in [5.41, 5.74) is 0. The van der Waals surface area contributed by atoms with Crippen molar-refractivity contribution in [3.8, 4) is 6.07 Å². The van der Waals surface area contributed by atoms with Gasteiger partial charge in [0.1, 0.15) is 0 Å². The quantitative estimate of drug-likeness (QED) is 0.618. The third-order valence-corrected chi connectivity index (χ3v) is 2.11. The summed E-state index contributed by atoms with van der Waals surface area (Å²) in [6, 6.07) is 2.03. The number of carboxylic acid groups (broad SMARTS) is 1. The summed E-state index contributed by atoms with van der Waals surface area (Å²) < 4.78 is 0. The van der Waals surface area contributed by atoms with E-state index in [-0.39, 0.29) is 6.42 Å². The first kappa shape index (κ1) is 10.3. The van der Waals surface area contributed by atoms with E-state index in [4.69, 9.17) is 10.4 Å². The zero-order valence-electron chi connectivity index (χ0n) is 6.25. The summed E-state index contributed by atoms with van der Waals surface area (Å²) in [4.78, 5) is 10.0. The minimum absolute atomic E-state index is 0.236. The lowest BCUT2D eigenvalue weighted by molar-refractivity contribution is -0.137. The van der Waals surface area contributed by atoms with Crippen LogP contribution in [0.1, 0.15) is 19.3 Å². The molecule has 0 saturated carbocycles. The van der Waals surface area contributed by atoms with Crippen LogP contribution >= 0.6 is 11.8 Å². The van der Waals surface area contributed by atoms with Crippen LogP contribution in [0.3, 0.4) is 0 Å². The Morgan fingerprint density at radius 1 is 1.55 bits per heavy atom. The van der Waals surface area contributed by atoms with Gasteiger partial charge in [-0.3, -0.25) is 4.79 Å². The highest BCUT2D eigenvalue weighted by Crippen LogP contribution is 2.05. The Kier molecular flexibility index (Phi) is 6.95. The molecule has 0 saturated heterocycles. The summed E-state index contributed by atoms with van der Waals surface area (Å²) >= 11 is 1.63. The van der Waals surface area contributed by atoms with Crippen LogP contribution in [0.25, 0.3) is 0 Å². The fraction of sp³-hybridized carbons (Fsp3) is 0.714. The molecule has 0 aromatic rings. The number of rotatable bonds is 6. The Morgan fingerprint density at radius 3 is 2.82 bits per heavy atom. The van der Waals surface area contributed by atoms with Crippen molar-refractivity contribution >= 4 is 17.7 Å². The summed E-state index contributed by atoms with van der Waals surface area (Å²) in [5, 5.41) is 16.4. The van der Waals surface area contributed by atoms with Crippen molar-refractivity contribution in [2.75, 3.05) is 11.5 Å². The molecule has 0 fully saturated rings. The maximum Gasteiger partial charge on any atom is 0.303 e. The molecular weight excluding hydrogens is 162 g/mol. The van der Waals surface area contributed by atoms with Crippen LogP contribution in [0.15, 0.2) is 0 Å². The summed E-state index contributed by atoms with van der Waals surface area (Å²) in [5.74, 6) is 0.912. The molecule has 0 aliphatic rings. The van der Waals surface area contributed by atoms with Crippen molar-refractivity contribution < 1.29 is 9.90 Å². The summed E-state index contributed by atoms with van der Waals surface area (Å²) in [7, 11) is 0. The van der Waals surface area contributed by atoms with Crippen molar-refractivity contribution in [2.24, 2.45) is 0 Å². The van der Waals surface area contributed by atoms with Crippen LogP contribution in [0.4, 0.5) is 0 Å². The second kappa shape index (κ2) is 7.42. The second-order valence-corrected chi connectivity index (χ2v) is 3.24. The number of nitriles is 1. The van der Waals surface area contributed by atoms with E-state index >= 15 is 0 Å². The van der Waals surface area contributed by atoms with Gasteiger partial charge in [-0.25, -0.2) is 0 Å². The van der Waals surface area contributed by atoms with Crippen LogP contribution in [0, 0.1) is 11.3 Å². The van der Waals surface area contributed by atoms with E-state index in [1.54, 1.807) is 11.8 Å². The van der Waals surface area contributed by atoms with Gasteiger partial charge in [0.05, 0.1) is 6.07 Å². The molecule has 1 N–H and O–H groups in total. The predicted octanol–water partition coefficient (Wildman–Crippen LogP) is 1.50. The number of carboxylic acids is 1. The number of aliphatic carboxylic acids is 1. The second-order valence-electron chi connectivity index (χ2n) is 2.02. The standard InChI is InChI=1S/C7H11NO2S/c8-4-2-6-11-5-1-3-7(9)10/h1-3,5-6H2,(H,9,10). The van der Waals surface area contributed by atoms with E-state index in [2.05, 4.69) is 0 Å². The van der Waals surface area contributed by atoms with Crippen molar-refractivity contribution in [3.63, 3.8) is 0 Å². The molecule has 0 heterocycles. The smallest absolute Gasteiger partial charge is 0.303 e.